The molecule has 2 unspecified atom stereocenters. The minimum atomic E-state index is -0.923. The van der Waals surface area contributed by atoms with Crippen molar-refractivity contribution in [3.63, 3.8) is 0 Å². The van der Waals surface area contributed by atoms with Crippen molar-refractivity contribution in [2.24, 2.45) is 5.73 Å². The number of methoxy groups -OCH3 is 1. The van der Waals surface area contributed by atoms with E-state index in [4.69, 9.17) is 10.5 Å². The van der Waals surface area contributed by atoms with Gasteiger partial charge < -0.3 is 37.5 Å². The summed E-state index contributed by atoms with van der Waals surface area (Å²) in [6, 6.07) is -1.74. The number of amides is 1. The highest BCUT2D eigenvalue weighted by Crippen LogP contribution is 2.23. The lowest BCUT2D eigenvalue weighted by Crippen LogP contribution is -3.00. The molecule has 0 saturated heterocycles. The monoisotopic (exact) mass is 543 g/mol. The zero-order valence-electron chi connectivity index (χ0n) is 18.1. The van der Waals surface area contributed by atoms with E-state index in [0.717, 1.165) is 6.42 Å². The standard InChI is InChI=1S/C19H32N2O7S2.BrH/c1-4-6-13(22)11-29-30-12-15(16(23)8-10-18(25)28-5-2)21-17(24)9-7-14(20)19(26)27-3;/h14-15H,4-12,20H2,1-3H3,(H,21,24);1H/p-1. The number of nitrogens with two attached hydrogens (primary N) is 1. The predicted molar refractivity (Wildman–Crippen MR) is 117 cm³/mol. The van der Waals surface area contributed by atoms with Crippen LogP contribution in [0.5, 0.6) is 0 Å². The Bertz CT molecular complexity index is 594. The van der Waals surface area contributed by atoms with E-state index in [9.17, 15) is 24.0 Å². The first-order valence-corrected chi connectivity index (χ1v) is 12.3. The molecule has 12 heteroatoms. The Labute approximate surface area is 201 Å². The van der Waals surface area contributed by atoms with Crippen LogP contribution in [-0.4, -0.2) is 66.7 Å². The van der Waals surface area contributed by atoms with Crippen LogP contribution in [0.2, 0.25) is 0 Å². The molecule has 0 rings (SSSR count). The highest BCUT2D eigenvalue weighted by molar-refractivity contribution is 8.76. The molecule has 2 atom stereocenters. The fraction of sp³-hybridized carbons (Fsp3) is 0.737. The van der Waals surface area contributed by atoms with Crippen molar-refractivity contribution in [2.45, 2.75) is 64.5 Å². The quantitative estimate of drug-likeness (QED) is 0.125. The number of rotatable bonds is 17. The normalized spacial score (nSPS) is 12.1. The fourth-order valence-electron chi connectivity index (χ4n) is 2.24. The van der Waals surface area contributed by atoms with Crippen LogP contribution in [0.15, 0.2) is 0 Å². The van der Waals surface area contributed by atoms with E-state index in [1.807, 2.05) is 6.92 Å². The van der Waals surface area contributed by atoms with Crippen molar-refractivity contribution in [3.05, 3.63) is 0 Å². The predicted octanol–water partition coefficient (Wildman–Crippen LogP) is -1.58. The summed E-state index contributed by atoms with van der Waals surface area (Å²) < 4.78 is 9.33. The zero-order valence-corrected chi connectivity index (χ0v) is 21.4. The molecule has 1 amide bonds. The van der Waals surface area contributed by atoms with Gasteiger partial charge in [-0.2, -0.15) is 0 Å². The number of hydrogen-bond donors (Lipinski definition) is 2. The molecule has 3 N–H and O–H groups in total. The summed E-state index contributed by atoms with van der Waals surface area (Å²) in [5.74, 6) is -1.13. The summed E-state index contributed by atoms with van der Waals surface area (Å²) in [6.45, 7) is 3.83. The number of carbonyl (C=O) groups excluding carboxylic acids is 5. The number of halogens is 1. The van der Waals surface area contributed by atoms with Gasteiger partial charge in [-0.05, 0) is 19.8 Å². The molecule has 31 heavy (non-hydrogen) atoms. The van der Waals surface area contributed by atoms with Gasteiger partial charge in [0.1, 0.15) is 11.8 Å². The number of ketones is 2. The maximum atomic E-state index is 12.5. The number of hydrogen-bond acceptors (Lipinski definition) is 10. The van der Waals surface area contributed by atoms with E-state index in [1.165, 1.54) is 28.7 Å². The molecule has 0 aromatic rings. The summed E-state index contributed by atoms with van der Waals surface area (Å²) in [4.78, 5) is 59.1. The molecule has 0 aliphatic carbocycles. The third-order valence-corrected chi connectivity index (χ3v) is 6.20. The topological polar surface area (TPSA) is 142 Å². The van der Waals surface area contributed by atoms with Gasteiger partial charge in [0.2, 0.25) is 5.91 Å². The summed E-state index contributed by atoms with van der Waals surface area (Å²) in [5.41, 5.74) is 5.62. The average Bonchev–Trinajstić information content (AvgIpc) is 2.72. The van der Waals surface area contributed by atoms with Crippen molar-refractivity contribution < 1.29 is 50.4 Å². The molecule has 0 fully saturated rings. The van der Waals surface area contributed by atoms with Crippen molar-refractivity contribution in [1.29, 1.82) is 0 Å². The first-order valence-electron chi connectivity index (χ1n) is 9.82. The molecule has 0 spiro atoms. The first-order chi connectivity index (χ1) is 14.2. The lowest BCUT2D eigenvalue weighted by molar-refractivity contribution is -0.144. The van der Waals surface area contributed by atoms with Crippen molar-refractivity contribution in [1.82, 2.24) is 5.32 Å². The Morgan fingerprint density at radius 3 is 2.26 bits per heavy atom. The van der Waals surface area contributed by atoms with Crippen molar-refractivity contribution >= 4 is 51.0 Å². The van der Waals surface area contributed by atoms with E-state index < -0.39 is 29.9 Å². The van der Waals surface area contributed by atoms with E-state index in [-0.39, 0.29) is 66.6 Å². The van der Waals surface area contributed by atoms with Gasteiger partial charge in [-0.3, -0.25) is 24.0 Å². The molecule has 180 valence electrons. The lowest BCUT2D eigenvalue weighted by Gasteiger charge is -2.18. The maximum absolute atomic E-state index is 12.5. The first kappa shape index (κ1) is 32.1. The van der Waals surface area contributed by atoms with E-state index >= 15 is 0 Å². The van der Waals surface area contributed by atoms with E-state index in [2.05, 4.69) is 10.1 Å². The SMILES string of the molecule is CCCC(=O)CSSCC(NC(=O)CCC(N)C(=O)OC)C(=O)CCC(=O)OCC.[Br-]. The van der Waals surface area contributed by atoms with Crippen LogP contribution in [0.1, 0.15) is 52.4 Å². The maximum Gasteiger partial charge on any atom is 0.322 e. The van der Waals surface area contributed by atoms with Crippen molar-refractivity contribution in [3.8, 4) is 0 Å². The molecule has 0 aliphatic heterocycles. The molecular formula is C19H32BrN2O7S2-. The number of ether oxygens (including phenoxy) is 2. The third kappa shape index (κ3) is 16.2. The summed E-state index contributed by atoms with van der Waals surface area (Å²) in [6.07, 6.45) is 1.18. The minimum absolute atomic E-state index is 0. The van der Waals surface area contributed by atoms with Crippen LogP contribution in [0.25, 0.3) is 0 Å². The van der Waals surface area contributed by atoms with Gasteiger partial charge in [0, 0.05) is 25.0 Å². The summed E-state index contributed by atoms with van der Waals surface area (Å²) in [7, 11) is 3.84. The molecule has 0 bridgehead atoms. The number of esters is 2. The molecule has 0 aliphatic rings. The molecular weight excluding hydrogens is 512 g/mol. The largest absolute Gasteiger partial charge is 1.00 e. The van der Waals surface area contributed by atoms with Crippen LogP contribution < -0.4 is 28.0 Å². The smallest absolute Gasteiger partial charge is 0.322 e. The molecule has 9 nitrogen and oxygen atoms in total. The van der Waals surface area contributed by atoms with Crippen LogP contribution in [0, 0.1) is 0 Å². The molecule has 0 radical (unpaired) electrons. The molecule has 0 aromatic carbocycles. The Morgan fingerprint density at radius 2 is 1.68 bits per heavy atom. The van der Waals surface area contributed by atoms with Gasteiger partial charge in [0.25, 0.3) is 0 Å². The zero-order chi connectivity index (χ0) is 22.9. The van der Waals surface area contributed by atoms with Gasteiger partial charge in [0.05, 0.1) is 31.9 Å². The van der Waals surface area contributed by atoms with Gasteiger partial charge in [-0.25, -0.2) is 0 Å². The Balaban J connectivity index is 0. The van der Waals surface area contributed by atoms with Crippen LogP contribution in [0.3, 0.4) is 0 Å². The number of Topliss-reactive ketones (excluding diaryl/α,β-unsaturated/α-hetero) is 2. The Hall–Kier alpha value is -1.11. The summed E-state index contributed by atoms with van der Waals surface area (Å²) >= 11 is 0. The second-order valence-electron chi connectivity index (χ2n) is 6.40. The minimum Gasteiger partial charge on any atom is -1.00 e. The second-order valence-corrected chi connectivity index (χ2v) is 8.90. The molecule has 0 heterocycles. The van der Waals surface area contributed by atoms with E-state index in [0.29, 0.717) is 12.2 Å². The highest BCUT2D eigenvalue weighted by atomic mass is 79.9. The fourth-order valence-corrected chi connectivity index (χ4v) is 4.45. The van der Waals surface area contributed by atoms with Crippen molar-refractivity contribution in [2.75, 3.05) is 25.2 Å². The summed E-state index contributed by atoms with van der Waals surface area (Å²) in [5, 5.41) is 2.63. The number of nitrogens with one attached hydrogen (secondary N) is 1. The molecule has 0 aromatic heterocycles. The van der Waals surface area contributed by atoms with Crippen LogP contribution in [-0.2, 0) is 33.4 Å². The number of carbonyl (C=O) groups is 5. The van der Waals surface area contributed by atoms with Crippen LogP contribution in [0.4, 0.5) is 0 Å². The Morgan fingerprint density at radius 1 is 1.00 bits per heavy atom. The van der Waals surface area contributed by atoms with E-state index in [1.54, 1.807) is 6.92 Å². The lowest BCUT2D eigenvalue weighted by atomic mass is 10.1. The highest BCUT2D eigenvalue weighted by Gasteiger charge is 2.23. The Kier molecular flexibility index (Phi) is 20.2. The average molecular weight is 545 g/mol. The van der Waals surface area contributed by atoms with Gasteiger partial charge in [-0.1, -0.05) is 28.5 Å². The third-order valence-electron chi connectivity index (χ3n) is 3.86. The second kappa shape index (κ2) is 19.6. The van der Waals surface area contributed by atoms with Crippen LogP contribution >= 0.6 is 21.6 Å². The van der Waals surface area contributed by atoms with Gasteiger partial charge in [-0.15, -0.1) is 0 Å². The van der Waals surface area contributed by atoms with Gasteiger partial charge in [0.15, 0.2) is 5.78 Å². The van der Waals surface area contributed by atoms with Gasteiger partial charge >= 0.3 is 11.9 Å². The molecule has 0 saturated carbocycles.